The third-order valence-electron chi connectivity index (χ3n) is 6.14. The molecule has 0 saturated carbocycles. The molecule has 0 amide bonds. The maximum absolute atomic E-state index is 2.39. The molecule has 0 spiro atoms. The van der Waals surface area contributed by atoms with Crippen LogP contribution in [0.3, 0.4) is 0 Å². The lowest BCUT2D eigenvalue weighted by molar-refractivity contribution is 1.29. The second-order valence-corrected chi connectivity index (χ2v) is 9.54. The number of nitrogens with zero attached hydrogens (tertiary/aromatic N) is 1. The summed E-state index contributed by atoms with van der Waals surface area (Å²) in [4.78, 5) is 2.39. The molecule has 0 radical (unpaired) electrons. The van der Waals surface area contributed by atoms with Crippen LogP contribution in [0.2, 0.25) is 0 Å². The molecule has 1 heterocycles. The Morgan fingerprint density at radius 2 is 1.22 bits per heavy atom. The van der Waals surface area contributed by atoms with Gasteiger partial charge in [0.15, 0.2) is 0 Å². The van der Waals surface area contributed by atoms with Crippen LogP contribution in [0.1, 0.15) is 11.1 Å². The third kappa shape index (κ3) is 3.16. The van der Waals surface area contributed by atoms with Crippen LogP contribution in [0.25, 0.3) is 30.9 Å². The van der Waals surface area contributed by atoms with Crippen molar-refractivity contribution in [2.75, 3.05) is 4.90 Å². The monoisotopic (exact) mass is 429 g/mol. The van der Waals surface area contributed by atoms with Crippen molar-refractivity contribution < 1.29 is 0 Å². The summed E-state index contributed by atoms with van der Waals surface area (Å²) in [6.07, 6.45) is 0. The molecule has 6 aromatic rings. The fourth-order valence-electron chi connectivity index (χ4n) is 4.61. The molecule has 0 aliphatic heterocycles. The molecule has 0 bridgehead atoms. The van der Waals surface area contributed by atoms with E-state index in [4.69, 9.17) is 0 Å². The van der Waals surface area contributed by atoms with Gasteiger partial charge in [-0.2, -0.15) is 0 Å². The van der Waals surface area contributed by atoms with Gasteiger partial charge in [0.05, 0.1) is 5.69 Å². The maximum Gasteiger partial charge on any atom is 0.0540 e. The van der Waals surface area contributed by atoms with Crippen LogP contribution < -0.4 is 4.90 Å². The summed E-state index contributed by atoms with van der Waals surface area (Å²) in [5, 5.41) is 5.18. The lowest BCUT2D eigenvalue weighted by atomic mass is 10.1. The van der Waals surface area contributed by atoms with Gasteiger partial charge in [0, 0.05) is 36.9 Å². The zero-order valence-electron chi connectivity index (χ0n) is 18.2. The molecule has 2 heteroatoms. The SMILES string of the molecule is Cc1cccc(N(c2ccc3c(c2)sc2cc(C)ccc23)c2cccc3ccccc23)c1. The molecule has 32 heavy (non-hydrogen) atoms. The molecule has 0 atom stereocenters. The van der Waals surface area contributed by atoms with Crippen LogP contribution in [-0.4, -0.2) is 0 Å². The van der Waals surface area contributed by atoms with E-state index in [2.05, 4.69) is 122 Å². The number of fused-ring (bicyclic) bond motifs is 4. The minimum absolute atomic E-state index is 1.18. The smallest absolute Gasteiger partial charge is 0.0540 e. The summed E-state index contributed by atoms with van der Waals surface area (Å²) in [5.41, 5.74) is 6.12. The standard InChI is InChI=1S/C30H23NS/c1-20-7-5-10-23(17-20)31(28-12-6-9-22-8-3-4-11-25(22)28)24-14-16-27-26-15-13-21(2)18-29(26)32-30(27)19-24/h3-19H,1-2H3. The van der Waals surface area contributed by atoms with E-state index < -0.39 is 0 Å². The number of aryl methyl sites for hydroxylation is 2. The molecule has 0 unspecified atom stereocenters. The summed E-state index contributed by atoms with van der Waals surface area (Å²) >= 11 is 1.88. The summed E-state index contributed by atoms with van der Waals surface area (Å²) in [5.74, 6) is 0. The predicted octanol–water partition coefficient (Wildman–Crippen LogP) is 9.29. The Morgan fingerprint density at radius 1 is 0.531 bits per heavy atom. The van der Waals surface area contributed by atoms with Crippen LogP contribution in [0.4, 0.5) is 17.1 Å². The Bertz CT molecular complexity index is 1600. The minimum atomic E-state index is 1.18. The fourth-order valence-corrected chi connectivity index (χ4v) is 5.85. The molecule has 0 aliphatic rings. The molecule has 5 aromatic carbocycles. The van der Waals surface area contributed by atoms with Gasteiger partial charge in [-0.15, -0.1) is 11.3 Å². The van der Waals surface area contributed by atoms with Gasteiger partial charge in [0.2, 0.25) is 0 Å². The van der Waals surface area contributed by atoms with Gasteiger partial charge >= 0.3 is 0 Å². The number of hydrogen-bond acceptors (Lipinski definition) is 2. The Balaban J connectivity index is 1.62. The van der Waals surface area contributed by atoms with Crippen LogP contribution >= 0.6 is 11.3 Å². The Kier molecular flexibility index (Phi) is 4.48. The van der Waals surface area contributed by atoms with Crippen molar-refractivity contribution in [1.82, 2.24) is 0 Å². The summed E-state index contributed by atoms with van der Waals surface area (Å²) in [6, 6.07) is 37.6. The quantitative estimate of drug-likeness (QED) is 0.271. The molecular weight excluding hydrogens is 406 g/mol. The third-order valence-corrected chi connectivity index (χ3v) is 7.25. The highest BCUT2D eigenvalue weighted by Crippen LogP contribution is 2.42. The number of rotatable bonds is 3. The van der Waals surface area contributed by atoms with Crippen LogP contribution in [0.15, 0.2) is 103 Å². The van der Waals surface area contributed by atoms with Crippen LogP contribution in [-0.2, 0) is 0 Å². The van der Waals surface area contributed by atoms with Crippen LogP contribution in [0.5, 0.6) is 0 Å². The number of hydrogen-bond donors (Lipinski definition) is 0. The highest BCUT2D eigenvalue weighted by Gasteiger charge is 2.16. The van der Waals surface area contributed by atoms with E-state index in [9.17, 15) is 0 Å². The van der Waals surface area contributed by atoms with Crippen molar-refractivity contribution >= 4 is 59.3 Å². The van der Waals surface area contributed by atoms with E-state index in [1.165, 1.54) is 59.1 Å². The van der Waals surface area contributed by atoms with Gasteiger partial charge in [-0.1, -0.05) is 66.7 Å². The average Bonchev–Trinajstić information content (AvgIpc) is 3.16. The number of thiophene rings is 1. The van der Waals surface area contributed by atoms with Crippen molar-refractivity contribution in [1.29, 1.82) is 0 Å². The second kappa shape index (κ2) is 7.51. The fraction of sp³-hybridized carbons (Fsp3) is 0.0667. The molecule has 1 nitrogen and oxygen atoms in total. The molecule has 6 rings (SSSR count). The van der Waals surface area contributed by atoms with Crippen molar-refractivity contribution in [3.63, 3.8) is 0 Å². The summed E-state index contributed by atoms with van der Waals surface area (Å²) in [6.45, 7) is 4.32. The van der Waals surface area contributed by atoms with Gasteiger partial charge in [0.1, 0.15) is 0 Å². The zero-order valence-corrected chi connectivity index (χ0v) is 19.0. The number of anilines is 3. The van der Waals surface area contributed by atoms with Gasteiger partial charge in [-0.25, -0.2) is 0 Å². The van der Waals surface area contributed by atoms with E-state index >= 15 is 0 Å². The molecular formula is C30H23NS. The van der Waals surface area contributed by atoms with Crippen molar-refractivity contribution in [2.24, 2.45) is 0 Å². The predicted molar refractivity (Wildman–Crippen MR) is 141 cm³/mol. The molecule has 1 aromatic heterocycles. The van der Waals surface area contributed by atoms with Gasteiger partial charge in [-0.3, -0.25) is 0 Å². The zero-order chi connectivity index (χ0) is 21.7. The largest absolute Gasteiger partial charge is 0.310 e. The lowest BCUT2D eigenvalue weighted by Crippen LogP contribution is -2.10. The Labute approximate surface area is 192 Å². The average molecular weight is 430 g/mol. The van der Waals surface area contributed by atoms with Gasteiger partial charge in [0.25, 0.3) is 0 Å². The molecule has 0 saturated heterocycles. The van der Waals surface area contributed by atoms with Crippen molar-refractivity contribution in [2.45, 2.75) is 13.8 Å². The van der Waals surface area contributed by atoms with Crippen LogP contribution in [0, 0.1) is 13.8 Å². The summed E-state index contributed by atoms with van der Waals surface area (Å²) < 4.78 is 2.67. The Hall–Kier alpha value is -3.62. The van der Waals surface area contributed by atoms with E-state index in [1.807, 2.05) is 11.3 Å². The molecule has 0 aliphatic carbocycles. The minimum Gasteiger partial charge on any atom is -0.310 e. The topological polar surface area (TPSA) is 3.24 Å². The highest BCUT2D eigenvalue weighted by atomic mass is 32.1. The van der Waals surface area contributed by atoms with E-state index in [0.29, 0.717) is 0 Å². The first-order valence-corrected chi connectivity index (χ1v) is 11.8. The first-order valence-electron chi connectivity index (χ1n) is 10.9. The van der Waals surface area contributed by atoms with Crippen molar-refractivity contribution in [3.8, 4) is 0 Å². The van der Waals surface area contributed by atoms with Gasteiger partial charge in [-0.05, 0) is 66.8 Å². The molecule has 0 N–H and O–H groups in total. The first kappa shape index (κ1) is 19.1. The Morgan fingerprint density at radius 3 is 2.09 bits per heavy atom. The van der Waals surface area contributed by atoms with Gasteiger partial charge < -0.3 is 4.90 Å². The molecule has 154 valence electrons. The van der Waals surface area contributed by atoms with E-state index in [1.54, 1.807) is 0 Å². The van der Waals surface area contributed by atoms with E-state index in [-0.39, 0.29) is 0 Å². The molecule has 0 fully saturated rings. The van der Waals surface area contributed by atoms with Crippen molar-refractivity contribution in [3.05, 3.63) is 114 Å². The normalized spacial score (nSPS) is 11.4. The summed E-state index contributed by atoms with van der Waals surface area (Å²) in [7, 11) is 0. The second-order valence-electron chi connectivity index (χ2n) is 8.45. The first-order chi connectivity index (χ1) is 15.7. The van der Waals surface area contributed by atoms with E-state index in [0.717, 1.165) is 0 Å². The lowest BCUT2D eigenvalue weighted by Gasteiger charge is -2.27. The number of benzene rings is 5. The maximum atomic E-state index is 2.39. The highest BCUT2D eigenvalue weighted by molar-refractivity contribution is 7.25.